The Labute approximate surface area is 118 Å². The van der Waals surface area contributed by atoms with Crippen molar-refractivity contribution >= 4 is 15.9 Å². The molecule has 0 amide bonds. The van der Waals surface area contributed by atoms with Crippen molar-refractivity contribution in [3.05, 3.63) is 40.4 Å². The summed E-state index contributed by atoms with van der Waals surface area (Å²) in [5.41, 5.74) is 0.228. The Hall–Kier alpha value is -1.87. The lowest BCUT2D eigenvalue weighted by molar-refractivity contribution is 0.439. The predicted octanol–water partition coefficient (Wildman–Crippen LogP) is 3.86. The fraction of sp³-hybridized carbons (Fsp3) is 0.231. The summed E-state index contributed by atoms with van der Waals surface area (Å²) >= 11 is 3.04. The van der Waals surface area contributed by atoms with Crippen LogP contribution >= 0.6 is 15.9 Å². The van der Waals surface area contributed by atoms with E-state index in [0.29, 0.717) is 5.75 Å². The predicted molar refractivity (Wildman–Crippen MR) is 71.4 cm³/mol. The second-order valence-electron chi connectivity index (χ2n) is 3.89. The highest BCUT2D eigenvalue weighted by atomic mass is 79.9. The minimum atomic E-state index is -0.595. The molecule has 2 aromatic rings. The Morgan fingerprint density at radius 2 is 2.32 bits per heavy atom. The molecule has 0 aliphatic rings. The van der Waals surface area contributed by atoms with E-state index in [4.69, 9.17) is 10.00 Å². The quantitative estimate of drug-likeness (QED) is 0.858. The topological polar surface area (TPSA) is 50.8 Å². The first-order valence-corrected chi connectivity index (χ1v) is 6.53. The normalized spacial score (nSPS) is 10.2. The Morgan fingerprint density at radius 1 is 1.53 bits per heavy atom. The van der Waals surface area contributed by atoms with E-state index in [9.17, 15) is 4.39 Å². The second-order valence-corrected chi connectivity index (χ2v) is 4.69. The van der Waals surface area contributed by atoms with Crippen molar-refractivity contribution in [2.24, 2.45) is 0 Å². The van der Waals surface area contributed by atoms with Crippen LogP contribution in [0.4, 0.5) is 4.39 Å². The molecule has 0 spiro atoms. The molecule has 0 bridgehead atoms. The molecule has 1 heterocycles. The third-order valence-corrected chi connectivity index (χ3v) is 3.23. The summed E-state index contributed by atoms with van der Waals surface area (Å²) in [6.45, 7) is 2.82. The molecule has 0 saturated carbocycles. The van der Waals surface area contributed by atoms with E-state index in [2.05, 4.69) is 21.0 Å². The van der Waals surface area contributed by atoms with E-state index in [1.807, 2.05) is 13.0 Å². The molecule has 0 fully saturated rings. The van der Waals surface area contributed by atoms with E-state index >= 15 is 0 Å². The molecular formula is C13H11BrFN3O. The Balaban J connectivity index is 2.23. The van der Waals surface area contributed by atoms with Crippen LogP contribution in [0.5, 0.6) is 11.5 Å². The zero-order valence-electron chi connectivity index (χ0n) is 10.2. The van der Waals surface area contributed by atoms with Crippen molar-refractivity contribution in [1.82, 2.24) is 9.78 Å². The van der Waals surface area contributed by atoms with Gasteiger partial charge in [0.1, 0.15) is 6.07 Å². The van der Waals surface area contributed by atoms with Gasteiger partial charge in [0.05, 0.1) is 22.4 Å². The number of benzene rings is 1. The van der Waals surface area contributed by atoms with Gasteiger partial charge in [-0.3, -0.25) is 4.68 Å². The number of ether oxygens (including phenoxy) is 1. The van der Waals surface area contributed by atoms with Gasteiger partial charge in [0.2, 0.25) is 0 Å². The molecule has 2 rings (SSSR count). The van der Waals surface area contributed by atoms with Gasteiger partial charge in [0.15, 0.2) is 17.3 Å². The van der Waals surface area contributed by atoms with Crippen LogP contribution in [0, 0.1) is 17.1 Å². The first kappa shape index (κ1) is 13.6. The number of halogens is 2. The molecule has 0 unspecified atom stereocenters. The zero-order chi connectivity index (χ0) is 13.8. The molecule has 0 aliphatic heterocycles. The van der Waals surface area contributed by atoms with Crippen LogP contribution in [0.15, 0.2) is 29.0 Å². The molecule has 1 aromatic carbocycles. The summed E-state index contributed by atoms with van der Waals surface area (Å²) in [5.74, 6) is -0.0758. The third-order valence-electron chi connectivity index (χ3n) is 2.46. The summed E-state index contributed by atoms with van der Waals surface area (Å²) in [5, 5.41) is 12.9. The summed E-state index contributed by atoms with van der Waals surface area (Å²) in [4.78, 5) is 0. The number of aromatic nitrogens is 2. The maximum atomic E-state index is 13.9. The van der Waals surface area contributed by atoms with Gasteiger partial charge < -0.3 is 4.74 Å². The fourth-order valence-electron chi connectivity index (χ4n) is 1.57. The van der Waals surface area contributed by atoms with Gasteiger partial charge in [0.25, 0.3) is 0 Å². The Morgan fingerprint density at radius 3 is 3.00 bits per heavy atom. The minimum absolute atomic E-state index is 0.0573. The van der Waals surface area contributed by atoms with Gasteiger partial charge in [-0.1, -0.05) is 6.92 Å². The number of rotatable bonds is 4. The van der Waals surface area contributed by atoms with E-state index in [1.54, 1.807) is 10.9 Å². The minimum Gasteiger partial charge on any atom is -0.451 e. The number of hydrogen-bond donors (Lipinski definition) is 0. The number of hydrogen-bond acceptors (Lipinski definition) is 3. The lowest BCUT2D eigenvalue weighted by atomic mass is 10.2. The smallest absolute Gasteiger partial charge is 0.181 e. The van der Waals surface area contributed by atoms with Crippen LogP contribution in [0.1, 0.15) is 18.9 Å². The van der Waals surface area contributed by atoms with Crippen molar-refractivity contribution in [3.8, 4) is 17.6 Å². The fourth-order valence-corrected chi connectivity index (χ4v) is 1.99. The van der Waals surface area contributed by atoms with Crippen LogP contribution in [0.2, 0.25) is 0 Å². The first-order chi connectivity index (χ1) is 9.15. The van der Waals surface area contributed by atoms with Crippen molar-refractivity contribution in [2.45, 2.75) is 19.9 Å². The van der Waals surface area contributed by atoms with Gasteiger partial charge >= 0.3 is 0 Å². The number of aryl methyl sites for hydroxylation is 1. The molecule has 4 nitrogen and oxygen atoms in total. The average molecular weight is 324 g/mol. The lowest BCUT2D eigenvalue weighted by Gasteiger charge is -2.06. The summed E-state index contributed by atoms with van der Waals surface area (Å²) < 4.78 is 21.2. The SMILES string of the molecule is CCCn1cc(Oc2ccc(C#N)c(Br)c2F)cn1. The summed E-state index contributed by atoms with van der Waals surface area (Å²) in [6.07, 6.45) is 4.19. The molecule has 0 saturated heterocycles. The van der Waals surface area contributed by atoms with Gasteiger partial charge in [-0.15, -0.1) is 0 Å². The zero-order valence-corrected chi connectivity index (χ0v) is 11.8. The van der Waals surface area contributed by atoms with Crippen LogP contribution in [-0.2, 0) is 6.54 Å². The highest BCUT2D eigenvalue weighted by Crippen LogP contribution is 2.31. The Kier molecular flexibility index (Phi) is 4.17. The molecule has 0 atom stereocenters. The highest BCUT2D eigenvalue weighted by Gasteiger charge is 2.13. The van der Waals surface area contributed by atoms with E-state index in [0.717, 1.165) is 13.0 Å². The van der Waals surface area contributed by atoms with Crippen LogP contribution in [0.3, 0.4) is 0 Å². The largest absolute Gasteiger partial charge is 0.451 e. The Bertz CT molecular complexity index is 633. The third kappa shape index (κ3) is 2.93. The molecule has 0 N–H and O–H groups in total. The van der Waals surface area contributed by atoms with Crippen molar-refractivity contribution in [3.63, 3.8) is 0 Å². The average Bonchev–Trinajstić information content (AvgIpc) is 2.83. The standard InChI is InChI=1S/C13H11BrFN3O/c1-2-5-18-8-10(7-17-18)19-11-4-3-9(6-16)12(14)13(11)15/h3-4,7-8H,2,5H2,1H3. The highest BCUT2D eigenvalue weighted by molar-refractivity contribution is 9.10. The number of nitriles is 1. The van der Waals surface area contributed by atoms with E-state index in [-0.39, 0.29) is 15.8 Å². The van der Waals surface area contributed by atoms with Crippen LogP contribution in [0.25, 0.3) is 0 Å². The molecule has 6 heteroatoms. The van der Waals surface area contributed by atoms with Gasteiger partial charge in [-0.05, 0) is 34.5 Å². The van der Waals surface area contributed by atoms with Gasteiger partial charge in [-0.2, -0.15) is 10.4 Å². The number of nitrogens with zero attached hydrogens (tertiary/aromatic N) is 3. The van der Waals surface area contributed by atoms with E-state index < -0.39 is 5.82 Å². The van der Waals surface area contributed by atoms with Gasteiger partial charge in [0, 0.05) is 6.54 Å². The lowest BCUT2D eigenvalue weighted by Crippen LogP contribution is -1.95. The van der Waals surface area contributed by atoms with Crippen LogP contribution < -0.4 is 4.74 Å². The van der Waals surface area contributed by atoms with Crippen molar-refractivity contribution in [2.75, 3.05) is 0 Å². The maximum Gasteiger partial charge on any atom is 0.181 e. The van der Waals surface area contributed by atoms with Crippen molar-refractivity contribution < 1.29 is 9.13 Å². The summed E-state index contributed by atoms with van der Waals surface area (Å²) in [6, 6.07) is 4.81. The monoisotopic (exact) mass is 323 g/mol. The van der Waals surface area contributed by atoms with Gasteiger partial charge in [-0.25, -0.2) is 4.39 Å². The summed E-state index contributed by atoms with van der Waals surface area (Å²) in [7, 11) is 0. The molecule has 0 aliphatic carbocycles. The maximum absolute atomic E-state index is 13.9. The van der Waals surface area contributed by atoms with E-state index in [1.165, 1.54) is 18.3 Å². The molecule has 1 aromatic heterocycles. The second kappa shape index (κ2) is 5.85. The first-order valence-electron chi connectivity index (χ1n) is 5.74. The van der Waals surface area contributed by atoms with Crippen molar-refractivity contribution in [1.29, 1.82) is 5.26 Å². The molecule has 19 heavy (non-hydrogen) atoms. The molecule has 98 valence electrons. The molecular weight excluding hydrogens is 313 g/mol. The van der Waals surface area contributed by atoms with Crippen LogP contribution in [-0.4, -0.2) is 9.78 Å². The molecule has 0 radical (unpaired) electrons.